The van der Waals surface area contributed by atoms with Crippen molar-refractivity contribution in [2.24, 2.45) is 0 Å². The summed E-state index contributed by atoms with van der Waals surface area (Å²) in [6, 6.07) is 0.737. The second-order valence-electron chi connectivity index (χ2n) is 3.70. The van der Waals surface area contributed by atoms with Gasteiger partial charge in [0, 0.05) is 12.2 Å². The van der Waals surface area contributed by atoms with Crippen molar-refractivity contribution in [3.63, 3.8) is 0 Å². The van der Waals surface area contributed by atoms with Gasteiger partial charge in [-0.1, -0.05) is 0 Å². The van der Waals surface area contributed by atoms with Gasteiger partial charge in [-0.3, -0.25) is 4.68 Å². The van der Waals surface area contributed by atoms with Crippen molar-refractivity contribution >= 4 is 15.9 Å². The lowest BCUT2D eigenvalue weighted by Gasteiger charge is -2.15. The molecule has 0 saturated heterocycles. The van der Waals surface area contributed by atoms with Crippen molar-refractivity contribution in [2.45, 2.75) is 31.5 Å². The van der Waals surface area contributed by atoms with E-state index in [0.29, 0.717) is 6.04 Å². The number of nitrogens with one attached hydrogen (secondary N) is 1. The van der Waals surface area contributed by atoms with Gasteiger partial charge in [-0.2, -0.15) is 5.10 Å². The van der Waals surface area contributed by atoms with E-state index in [0.717, 1.165) is 11.0 Å². The third-order valence-electron chi connectivity index (χ3n) is 2.28. The van der Waals surface area contributed by atoms with Crippen LogP contribution < -0.4 is 5.32 Å². The largest absolute Gasteiger partial charge is 0.395 e. The van der Waals surface area contributed by atoms with Crippen molar-refractivity contribution < 1.29 is 5.11 Å². The van der Waals surface area contributed by atoms with Gasteiger partial charge in [0.05, 0.1) is 29.9 Å². The van der Waals surface area contributed by atoms with Crippen molar-refractivity contribution in [1.82, 2.24) is 15.1 Å². The Morgan fingerprint density at radius 3 is 3.00 bits per heavy atom. The van der Waals surface area contributed by atoms with Crippen molar-refractivity contribution in [3.8, 4) is 0 Å². The second kappa shape index (κ2) is 4.42. The normalized spacial score (nSPS) is 18.4. The minimum absolute atomic E-state index is 0.120. The molecular formula is C9H14BrN3O. The molecule has 4 nitrogen and oxygen atoms in total. The maximum Gasteiger partial charge on any atom is 0.0632 e. The van der Waals surface area contributed by atoms with Crippen LogP contribution in [0.15, 0.2) is 16.9 Å². The Balaban J connectivity index is 1.86. The molecule has 1 aliphatic carbocycles. The van der Waals surface area contributed by atoms with Crippen LogP contribution >= 0.6 is 15.9 Å². The number of hydrogen-bond acceptors (Lipinski definition) is 3. The lowest BCUT2D eigenvalue weighted by molar-refractivity contribution is 0.224. The Morgan fingerprint density at radius 1 is 1.71 bits per heavy atom. The van der Waals surface area contributed by atoms with Gasteiger partial charge in [-0.15, -0.1) is 0 Å². The standard InChI is InChI=1S/C9H14BrN3O/c10-7-3-11-13(4-7)5-9(6-14)12-8-1-2-8/h3-4,8-9,12,14H,1-2,5-6H2. The van der Waals surface area contributed by atoms with Gasteiger partial charge in [0.25, 0.3) is 0 Å². The molecule has 1 fully saturated rings. The Labute approximate surface area is 91.4 Å². The number of nitrogens with zero attached hydrogens (tertiary/aromatic N) is 2. The summed E-state index contributed by atoms with van der Waals surface area (Å²) in [7, 11) is 0. The fourth-order valence-corrected chi connectivity index (χ4v) is 1.74. The quantitative estimate of drug-likeness (QED) is 0.821. The molecular weight excluding hydrogens is 246 g/mol. The van der Waals surface area contributed by atoms with Gasteiger partial charge >= 0.3 is 0 Å². The molecule has 0 aliphatic heterocycles. The predicted molar refractivity (Wildman–Crippen MR) is 57.0 cm³/mol. The maximum absolute atomic E-state index is 9.16. The number of halogens is 1. The molecule has 0 radical (unpaired) electrons. The average molecular weight is 260 g/mol. The summed E-state index contributed by atoms with van der Waals surface area (Å²) >= 11 is 3.34. The van der Waals surface area contributed by atoms with E-state index in [-0.39, 0.29) is 12.6 Å². The van der Waals surface area contributed by atoms with E-state index in [9.17, 15) is 0 Å². The molecule has 2 N–H and O–H groups in total. The Kier molecular flexibility index (Phi) is 3.20. The first-order chi connectivity index (χ1) is 6.78. The van der Waals surface area contributed by atoms with E-state index in [2.05, 4.69) is 26.3 Å². The molecule has 1 saturated carbocycles. The van der Waals surface area contributed by atoms with Crippen LogP contribution in [0.5, 0.6) is 0 Å². The molecule has 0 spiro atoms. The Morgan fingerprint density at radius 2 is 2.50 bits per heavy atom. The molecule has 0 amide bonds. The summed E-state index contributed by atoms with van der Waals surface area (Å²) in [4.78, 5) is 0. The van der Waals surface area contributed by atoms with Crippen LogP contribution in [-0.2, 0) is 6.54 Å². The molecule has 14 heavy (non-hydrogen) atoms. The van der Waals surface area contributed by atoms with E-state index >= 15 is 0 Å². The van der Waals surface area contributed by atoms with Crippen molar-refractivity contribution in [3.05, 3.63) is 16.9 Å². The summed E-state index contributed by atoms with van der Waals surface area (Å²) in [5.74, 6) is 0. The Bertz CT molecular complexity index is 298. The molecule has 0 bridgehead atoms. The fourth-order valence-electron chi connectivity index (χ4n) is 1.41. The van der Waals surface area contributed by atoms with Gasteiger partial charge in [0.1, 0.15) is 0 Å². The summed E-state index contributed by atoms with van der Waals surface area (Å²) in [6.07, 6.45) is 6.14. The van der Waals surface area contributed by atoms with Crippen LogP contribution in [-0.4, -0.2) is 33.6 Å². The van der Waals surface area contributed by atoms with Crippen LogP contribution in [0.4, 0.5) is 0 Å². The van der Waals surface area contributed by atoms with Gasteiger partial charge in [0.2, 0.25) is 0 Å². The summed E-state index contributed by atoms with van der Waals surface area (Å²) in [5.41, 5.74) is 0. The van der Waals surface area contributed by atoms with E-state index in [4.69, 9.17) is 5.11 Å². The highest BCUT2D eigenvalue weighted by atomic mass is 79.9. The average Bonchev–Trinajstić information content (AvgIpc) is 2.89. The predicted octanol–water partition coefficient (Wildman–Crippen LogP) is 0.758. The number of aliphatic hydroxyl groups is 1. The second-order valence-corrected chi connectivity index (χ2v) is 4.62. The third kappa shape index (κ3) is 2.80. The molecule has 78 valence electrons. The van der Waals surface area contributed by atoms with Crippen LogP contribution in [0.2, 0.25) is 0 Å². The zero-order chi connectivity index (χ0) is 9.97. The van der Waals surface area contributed by atoms with Crippen LogP contribution in [0, 0.1) is 0 Å². The van der Waals surface area contributed by atoms with E-state index in [1.165, 1.54) is 12.8 Å². The maximum atomic E-state index is 9.16. The smallest absolute Gasteiger partial charge is 0.0632 e. The molecule has 1 atom stereocenters. The van der Waals surface area contributed by atoms with Gasteiger partial charge in [-0.25, -0.2) is 0 Å². The van der Waals surface area contributed by atoms with Crippen LogP contribution in [0.1, 0.15) is 12.8 Å². The molecule has 1 aromatic rings. The lowest BCUT2D eigenvalue weighted by Crippen LogP contribution is -2.37. The van der Waals surface area contributed by atoms with Gasteiger partial charge in [-0.05, 0) is 28.8 Å². The highest BCUT2D eigenvalue weighted by molar-refractivity contribution is 9.10. The van der Waals surface area contributed by atoms with E-state index < -0.39 is 0 Å². The van der Waals surface area contributed by atoms with E-state index in [1.54, 1.807) is 6.20 Å². The number of rotatable bonds is 5. The molecule has 1 unspecified atom stereocenters. The van der Waals surface area contributed by atoms with Gasteiger partial charge in [0.15, 0.2) is 0 Å². The fraction of sp³-hybridized carbons (Fsp3) is 0.667. The minimum Gasteiger partial charge on any atom is -0.395 e. The molecule has 1 aliphatic rings. The first kappa shape index (κ1) is 10.1. The SMILES string of the molecule is OCC(Cn1cc(Br)cn1)NC1CC1. The minimum atomic E-state index is 0.120. The molecule has 2 rings (SSSR count). The molecule has 0 aromatic carbocycles. The highest BCUT2D eigenvalue weighted by Gasteiger charge is 2.24. The molecule has 5 heteroatoms. The summed E-state index contributed by atoms with van der Waals surface area (Å²) < 4.78 is 2.81. The van der Waals surface area contributed by atoms with Crippen LogP contribution in [0.3, 0.4) is 0 Å². The topological polar surface area (TPSA) is 50.1 Å². The molecule has 1 heterocycles. The monoisotopic (exact) mass is 259 g/mol. The summed E-state index contributed by atoms with van der Waals surface area (Å²) in [6.45, 7) is 0.882. The zero-order valence-electron chi connectivity index (χ0n) is 7.86. The molecule has 1 aromatic heterocycles. The van der Waals surface area contributed by atoms with E-state index in [1.807, 2.05) is 10.9 Å². The third-order valence-corrected chi connectivity index (χ3v) is 2.69. The number of aromatic nitrogens is 2. The Hall–Kier alpha value is -0.390. The first-order valence-electron chi connectivity index (χ1n) is 4.83. The van der Waals surface area contributed by atoms with Crippen molar-refractivity contribution in [1.29, 1.82) is 0 Å². The highest BCUT2D eigenvalue weighted by Crippen LogP contribution is 2.19. The van der Waals surface area contributed by atoms with Crippen molar-refractivity contribution in [2.75, 3.05) is 6.61 Å². The van der Waals surface area contributed by atoms with Gasteiger partial charge < -0.3 is 10.4 Å². The number of hydrogen-bond donors (Lipinski definition) is 2. The lowest BCUT2D eigenvalue weighted by atomic mass is 10.3. The number of aliphatic hydroxyl groups excluding tert-OH is 1. The first-order valence-corrected chi connectivity index (χ1v) is 5.62. The van der Waals surface area contributed by atoms with Crippen LogP contribution in [0.25, 0.3) is 0 Å². The summed E-state index contributed by atoms with van der Waals surface area (Å²) in [5, 5.41) is 16.7. The zero-order valence-corrected chi connectivity index (χ0v) is 9.44.